The summed E-state index contributed by atoms with van der Waals surface area (Å²) in [6.07, 6.45) is 6.14. The summed E-state index contributed by atoms with van der Waals surface area (Å²) in [6.45, 7) is 5.37. The third-order valence-corrected chi connectivity index (χ3v) is 6.53. The van der Waals surface area contributed by atoms with Gasteiger partial charge in [-0.2, -0.15) is 9.97 Å². The van der Waals surface area contributed by atoms with E-state index in [1.165, 1.54) is 30.4 Å². The Balaban J connectivity index is 1.34. The number of thiocarbonyl (C=S) groups is 1. The summed E-state index contributed by atoms with van der Waals surface area (Å²) in [5.41, 5.74) is 2.73. The van der Waals surface area contributed by atoms with Crippen molar-refractivity contribution in [2.45, 2.75) is 51.3 Å². The number of nitrogens with zero attached hydrogens (tertiary/aromatic N) is 4. The average molecular weight is 439 g/mol. The van der Waals surface area contributed by atoms with Gasteiger partial charge in [-0.3, -0.25) is 0 Å². The van der Waals surface area contributed by atoms with E-state index < -0.39 is 0 Å². The number of nitrogens with one attached hydrogen (secondary N) is 2. The van der Waals surface area contributed by atoms with Gasteiger partial charge in [0.1, 0.15) is 11.6 Å². The molecule has 0 aliphatic carbocycles. The molecule has 0 saturated carbocycles. The maximum atomic E-state index is 5.67. The molecule has 4 heterocycles. The zero-order valence-corrected chi connectivity index (χ0v) is 18.7. The molecule has 0 bridgehead atoms. The van der Waals surface area contributed by atoms with E-state index in [0.717, 1.165) is 57.3 Å². The average Bonchev–Trinajstić information content (AvgIpc) is 3.48. The number of fused-ring (bicyclic) bond motifs is 1. The van der Waals surface area contributed by atoms with E-state index >= 15 is 0 Å². The molecule has 1 atom stereocenters. The largest absolute Gasteiger partial charge is 0.376 e. The third kappa shape index (κ3) is 4.91. The van der Waals surface area contributed by atoms with Gasteiger partial charge in [0.05, 0.1) is 6.10 Å². The fourth-order valence-corrected chi connectivity index (χ4v) is 4.75. The summed E-state index contributed by atoms with van der Waals surface area (Å²) in [5, 5.41) is 7.03. The second kappa shape index (κ2) is 9.36. The molecule has 164 valence electrons. The number of piperidine rings is 1. The standard InChI is InChI=1S/C23H30N6OS/c31-23(24-14-19-9-6-12-30-19)27-22-25-20(28-10-4-1-5-11-28)13-21(26-22)29-15-17-7-2-3-8-18(17)16-29/h2-3,7-8,13,19H,1,4-6,9-12,14-16H2,(H2,24,25,26,27,31)/t19-/m1/s1. The first-order chi connectivity index (χ1) is 15.2. The molecule has 2 N–H and O–H groups in total. The molecule has 2 saturated heterocycles. The maximum absolute atomic E-state index is 5.67. The Bertz CT molecular complexity index is 901. The van der Waals surface area contributed by atoms with E-state index in [1.54, 1.807) is 0 Å². The van der Waals surface area contributed by atoms with Gasteiger partial charge in [-0.1, -0.05) is 24.3 Å². The van der Waals surface area contributed by atoms with Crippen molar-refractivity contribution in [2.75, 3.05) is 41.4 Å². The van der Waals surface area contributed by atoms with Gasteiger partial charge in [0.25, 0.3) is 0 Å². The van der Waals surface area contributed by atoms with Gasteiger partial charge in [-0.05, 0) is 55.4 Å². The van der Waals surface area contributed by atoms with Gasteiger partial charge in [-0.25, -0.2) is 0 Å². The molecular formula is C23H30N6OS. The van der Waals surface area contributed by atoms with Crippen LogP contribution in [0.4, 0.5) is 17.6 Å². The highest BCUT2D eigenvalue weighted by Crippen LogP contribution is 2.30. The Morgan fingerprint density at radius 3 is 2.39 bits per heavy atom. The first kappa shape index (κ1) is 20.5. The van der Waals surface area contributed by atoms with Gasteiger partial charge in [0, 0.05) is 45.4 Å². The van der Waals surface area contributed by atoms with E-state index in [0.29, 0.717) is 17.6 Å². The van der Waals surface area contributed by atoms with Crippen molar-refractivity contribution in [3.8, 4) is 0 Å². The van der Waals surface area contributed by atoms with Crippen LogP contribution >= 0.6 is 12.2 Å². The van der Waals surface area contributed by atoms with E-state index in [-0.39, 0.29) is 6.10 Å². The molecule has 31 heavy (non-hydrogen) atoms. The van der Waals surface area contributed by atoms with Crippen LogP contribution in [0, 0.1) is 0 Å². The monoisotopic (exact) mass is 438 g/mol. The van der Waals surface area contributed by atoms with Crippen LogP contribution < -0.4 is 20.4 Å². The Morgan fingerprint density at radius 2 is 1.71 bits per heavy atom. The second-order valence-corrected chi connectivity index (χ2v) is 8.96. The van der Waals surface area contributed by atoms with Crippen LogP contribution in [0.15, 0.2) is 30.3 Å². The Hall–Kier alpha value is -2.45. The molecule has 1 aromatic heterocycles. The summed E-state index contributed by atoms with van der Waals surface area (Å²) in [5.74, 6) is 2.47. The molecule has 8 heteroatoms. The predicted molar refractivity (Wildman–Crippen MR) is 128 cm³/mol. The lowest BCUT2D eigenvalue weighted by Gasteiger charge is -2.29. The van der Waals surface area contributed by atoms with Gasteiger partial charge >= 0.3 is 0 Å². The number of benzene rings is 1. The summed E-state index contributed by atoms with van der Waals surface area (Å²) >= 11 is 5.52. The lowest BCUT2D eigenvalue weighted by atomic mass is 10.1. The summed E-state index contributed by atoms with van der Waals surface area (Å²) in [6, 6.07) is 10.7. The van der Waals surface area contributed by atoms with Crippen LogP contribution in [0.25, 0.3) is 0 Å². The zero-order chi connectivity index (χ0) is 21.0. The molecule has 0 radical (unpaired) electrons. The summed E-state index contributed by atoms with van der Waals surface area (Å²) < 4.78 is 5.67. The van der Waals surface area contributed by atoms with Gasteiger partial charge < -0.3 is 25.2 Å². The van der Waals surface area contributed by atoms with Crippen molar-refractivity contribution in [1.29, 1.82) is 0 Å². The molecule has 2 aromatic rings. The minimum atomic E-state index is 0.235. The van der Waals surface area contributed by atoms with E-state index in [2.05, 4.69) is 50.8 Å². The van der Waals surface area contributed by atoms with E-state index in [4.69, 9.17) is 26.9 Å². The lowest BCUT2D eigenvalue weighted by molar-refractivity contribution is 0.114. The molecule has 3 aliphatic rings. The van der Waals surface area contributed by atoms with Crippen LogP contribution in [0.3, 0.4) is 0 Å². The predicted octanol–water partition coefficient (Wildman–Crippen LogP) is 3.45. The van der Waals surface area contributed by atoms with Gasteiger partial charge in [0.2, 0.25) is 5.95 Å². The highest BCUT2D eigenvalue weighted by molar-refractivity contribution is 7.80. The molecule has 0 amide bonds. The van der Waals surface area contributed by atoms with Gasteiger partial charge in [-0.15, -0.1) is 0 Å². The fourth-order valence-electron chi connectivity index (χ4n) is 4.58. The minimum absolute atomic E-state index is 0.235. The second-order valence-electron chi connectivity index (χ2n) is 8.55. The van der Waals surface area contributed by atoms with E-state index in [9.17, 15) is 0 Å². The smallest absolute Gasteiger partial charge is 0.232 e. The topological polar surface area (TPSA) is 65.6 Å². The van der Waals surface area contributed by atoms with Crippen molar-refractivity contribution < 1.29 is 4.74 Å². The minimum Gasteiger partial charge on any atom is -0.376 e. The fraction of sp³-hybridized carbons (Fsp3) is 0.522. The van der Waals surface area contributed by atoms with Gasteiger partial charge in [0.15, 0.2) is 5.11 Å². The van der Waals surface area contributed by atoms with Crippen molar-refractivity contribution in [2.24, 2.45) is 0 Å². The summed E-state index contributed by atoms with van der Waals surface area (Å²) in [7, 11) is 0. The zero-order valence-electron chi connectivity index (χ0n) is 17.8. The van der Waals surface area contributed by atoms with Crippen molar-refractivity contribution in [3.63, 3.8) is 0 Å². The van der Waals surface area contributed by atoms with Crippen LogP contribution in [0.2, 0.25) is 0 Å². The first-order valence-corrected chi connectivity index (χ1v) is 11.8. The molecule has 2 fully saturated rings. The van der Waals surface area contributed by atoms with E-state index in [1.807, 2.05) is 0 Å². The molecule has 3 aliphatic heterocycles. The SMILES string of the molecule is S=C(NC[C@H]1CCCO1)Nc1nc(N2CCCCC2)cc(N2Cc3ccccc3C2)n1. The Kier molecular flexibility index (Phi) is 6.18. The number of anilines is 3. The molecule has 5 rings (SSSR count). The molecule has 0 spiro atoms. The maximum Gasteiger partial charge on any atom is 0.232 e. The number of rotatable bonds is 5. The summed E-state index contributed by atoms with van der Waals surface area (Å²) in [4.78, 5) is 14.3. The Labute approximate surface area is 189 Å². The van der Waals surface area contributed by atoms with Crippen molar-refractivity contribution >= 4 is 34.9 Å². The Morgan fingerprint density at radius 1 is 1.00 bits per heavy atom. The number of hydrogen-bond donors (Lipinski definition) is 2. The molecule has 7 nitrogen and oxygen atoms in total. The van der Waals surface area contributed by atoms with Crippen LogP contribution in [-0.2, 0) is 17.8 Å². The van der Waals surface area contributed by atoms with Crippen LogP contribution in [0.1, 0.15) is 43.2 Å². The van der Waals surface area contributed by atoms with Crippen molar-refractivity contribution in [3.05, 3.63) is 41.5 Å². The lowest BCUT2D eigenvalue weighted by Crippen LogP contribution is -2.36. The first-order valence-electron chi connectivity index (χ1n) is 11.4. The van der Waals surface area contributed by atoms with Crippen LogP contribution in [-0.4, -0.2) is 47.4 Å². The molecule has 1 aromatic carbocycles. The number of hydrogen-bond acceptors (Lipinski definition) is 6. The molecular weight excluding hydrogens is 408 g/mol. The quantitative estimate of drug-likeness (QED) is 0.688. The highest BCUT2D eigenvalue weighted by Gasteiger charge is 2.23. The van der Waals surface area contributed by atoms with Crippen molar-refractivity contribution in [1.82, 2.24) is 15.3 Å². The number of ether oxygens (including phenoxy) is 1. The highest BCUT2D eigenvalue weighted by atomic mass is 32.1. The van der Waals surface area contributed by atoms with Crippen LogP contribution in [0.5, 0.6) is 0 Å². The normalized spacial score (nSPS) is 20.6. The third-order valence-electron chi connectivity index (χ3n) is 6.28. The molecule has 0 unspecified atom stereocenters. The number of aromatic nitrogens is 2.